The molecule has 1 aromatic carbocycles. The van der Waals surface area contributed by atoms with Crippen molar-refractivity contribution in [2.24, 2.45) is 5.92 Å². The first-order valence-corrected chi connectivity index (χ1v) is 9.33. The monoisotopic (exact) mass is 344 g/mol. The molecule has 0 radical (unpaired) electrons. The maximum atomic E-state index is 12.3. The molecule has 6 nitrogen and oxygen atoms in total. The third-order valence-electron chi connectivity index (χ3n) is 5.03. The summed E-state index contributed by atoms with van der Waals surface area (Å²) in [6.07, 6.45) is 4.39. The molecule has 4 N–H and O–H groups in total. The predicted octanol–water partition coefficient (Wildman–Crippen LogP) is 0.887. The molecular weight excluding hydrogens is 316 g/mol. The molecule has 2 fully saturated rings. The summed E-state index contributed by atoms with van der Waals surface area (Å²) in [5, 5.41) is 12.4. The number of carbonyl (C=O) groups excluding carboxylic acids is 2. The van der Waals surface area contributed by atoms with Gasteiger partial charge in [0, 0.05) is 19.1 Å². The third kappa shape index (κ3) is 5.03. The van der Waals surface area contributed by atoms with Gasteiger partial charge in [0.05, 0.1) is 5.92 Å². The molecule has 0 spiro atoms. The maximum Gasteiger partial charge on any atom is 0.257 e. The van der Waals surface area contributed by atoms with Crippen LogP contribution < -0.4 is 21.3 Å². The molecule has 2 aliphatic rings. The topological polar surface area (TPSA) is 82.3 Å². The van der Waals surface area contributed by atoms with E-state index in [0.717, 1.165) is 45.2 Å². The first-order valence-electron chi connectivity index (χ1n) is 9.33. The zero-order valence-corrected chi connectivity index (χ0v) is 14.6. The maximum absolute atomic E-state index is 12.3. The summed E-state index contributed by atoms with van der Waals surface area (Å²) in [7, 11) is 0. The quantitative estimate of drug-likeness (QED) is 0.554. The number of rotatable bonds is 7. The van der Waals surface area contributed by atoms with Crippen LogP contribution in [0.25, 0.3) is 0 Å². The van der Waals surface area contributed by atoms with Crippen molar-refractivity contribution in [2.45, 2.75) is 50.9 Å². The SMILES string of the molecule is O=C(NCCCNCc1ccccc1)C1NC(=O)C2CCCCC2N1. The van der Waals surface area contributed by atoms with Crippen molar-refractivity contribution < 1.29 is 9.59 Å². The second kappa shape index (κ2) is 8.97. The lowest BCUT2D eigenvalue weighted by atomic mass is 9.82. The van der Waals surface area contributed by atoms with Gasteiger partial charge in [0.1, 0.15) is 0 Å². The lowest BCUT2D eigenvalue weighted by Crippen LogP contribution is -2.66. The molecule has 1 aromatic rings. The van der Waals surface area contributed by atoms with Gasteiger partial charge < -0.3 is 16.0 Å². The highest BCUT2D eigenvalue weighted by Crippen LogP contribution is 2.26. The largest absolute Gasteiger partial charge is 0.353 e. The van der Waals surface area contributed by atoms with Crippen molar-refractivity contribution in [3.05, 3.63) is 35.9 Å². The zero-order valence-electron chi connectivity index (χ0n) is 14.6. The van der Waals surface area contributed by atoms with Gasteiger partial charge in [-0.25, -0.2) is 0 Å². The van der Waals surface area contributed by atoms with Gasteiger partial charge in [-0.1, -0.05) is 43.2 Å². The lowest BCUT2D eigenvalue weighted by molar-refractivity contribution is -0.137. The molecule has 2 amide bonds. The second-order valence-corrected chi connectivity index (χ2v) is 6.91. The van der Waals surface area contributed by atoms with Gasteiger partial charge in [-0.15, -0.1) is 0 Å². The Kier molecular flexibility index (Phi) is 6.42. The van der Waals surface area contributed by atoms with Gasteiger partial charge in [0.15, 0.2) is 6.17 Å². The number of hydrogen-bond donors (Lipinski definition) is 4. The van der Waals surface area contributed by atoms with E-state index in [1.165, 1.54) is 5.56 Å². The third-order valence-corrected chi connectivity index (χ3v) is 5.03. The molecule has 1 aliphatic heterocycles. The van der Waals surface area contributed by atoms with Crippen LogP contribution in [0.1, 0.15) is 37.7 Å². The van der Waals surface area contributed by atoms with Gasteiger partial charge in [-0.3, -0.25) is 14.9 Å². The van der Waals surface area contributed by atoms with E-state index in [-0.39, 0.29) is 23.8 Å². The molecule has 3 atom stereocenters. The fraction of sp³-hybridized carbons (Fsp3) is 0.579. The Morgan fingerprint density at radius 2 is 1.92 bits per heavy atom. The molecule has 1 saturated carbocycles. The highest BCUT2D eigenvalue weighted by molar-refractivity contribution is 5.89. The van der Waals surface area contributed by atoms with Gasteiger partial charge >= 0.3 is 0 Å². The van der Waals surface area contributed by atoms with Crippen molar-refractivity contribution >= 4 is 11.8 Å². The highest BCUT2D eigenvalue weighted by Gasteiger charge is 2.39. The Morgan fingerprint density at radius 1 is 1.12 bits per heavy atom. The van der Waals surface area contributed by atoms with Gasteiger partial charge in [0.2, 0.25) is 5.91 Å². The molecule has 1 heterocycles. The molecular formula is C19H28N4O2. The molecule has 1 saturated heterocycles. The molecule has 0 aromatic heterocycles. The second-order valence-electron chi connectivity index (χ2n) is 6.91. The van der Waals surface area contributed by atoms with E-state index in [1.807, 2.05) is 18.2 Å². The summed E-state index contributed by atoms with van der Waals surface area (Å²) in [6, 6.07) is 10.4. The molecule has 3 unspecified atom stereocenters. The number of nitrogens with one attached hydrogen (secondary N) is 4. The Labute approximate surface area is 149 Å². The van der Waals surface area contributed by atoms with E-state index < -0.39 is 6.17 Å². The molecule has 136 valence electrons. The Balaban J connectivity index is 1.32. The minimum Gasteiger partial charge on any atom is -0.353 e. The molecule has 25 heavy (non-hydrogen) atoms. The van der Waals surface area contributed by atoms with E-state index in [1.54, 1.807) is 0 Å². The lowest BCUT2D eigenvalue weighted by Gasteiger charge is -2.39. The van der Waals surface area contributed by atoms with Crippen molar-refractivity contribution in [3.8, 4) is 0 Å². The minimum absolute atomic E-state index is 0.0214. The number of benzene rings is 1. The van der Waals surface area contributed by atoms with E-state index in [4.69, 9.17) is 0 Å². The highest BCUT2D eigenvalue weighted by atomic mass is 16.2. The Morgan fingerprint density at radius 3 is 2.76 bits per heavy atom. The predicted molar refractivity (Wildman–Crippen MR) is 96.6 cm³/mol. The summed E-state index contributed by atoms with van der Waals surface area (Å²) >= 11 is 0. The van der Waals surface area contributed by atoms with Crippen LogP contribution in [0, 0.1) is 5.92 Å². The Bertz CT molecular complexity index is 578. The summed E-state index contributed by atoms with van der Waals surface area (Å²) in [5.74, 6) is -0.0893. The van der Waals surface area contributed by atoms with Gasteiger partial charge in [0.25, 0.3) is 5.91 Å². The van der Waals surface area contributed by atoms with E-state index >= 15 is 0 Å². The van der Waals surface area contributed by atoms with Gasteiger partial charge in [-0.2, -0.15) is 0 Å². The zero-order chi connectivity index (χ0) is 17.5. The molecule has 3 rings (SSSR count). The average molecular weight is 344 g/mol. The van der Waals surface area contributed by atoms with E-state index in [0.29, 0.717) is 6.54 Å². The van der Waals surface area contributed by atoms with Crippen molar-refractivity contribution in [2.75, 3.05) is 13.1 Å². The van der Waals surface area contributed by atoms with Crippen LogP contribution in [-0.2, 0) is 16.1 Å². The standard InChI is InChI=1S/C19H28N4O2/c24-18-15-9-4-5-10-16(15)22-17(23-18)19(25)21-12-6-11-20-13-14-7-2-1-3-8-14/h1-3,7-8,15-17,20,22H,4-6,9-13H2,(H,21,25)(H,23,24). The summed E-state index contributed by atoms with van der Waals surface area (Å²) in [6.45, 7) is 2.27. The van der Waals surface area contributed by atoms with Crippen LogP contribution in [0.15, 0.2) is 30.3 Å². The summed E-state index contributed by atoms with van der Waals surface area (Å²) in [5.41, 5.74) is 1.25. The summed E-state index contributed by atoms with van der Waals surface area (Å²) < 4.78 is 0. The molecule has 1 aliphatic carbocycles. The van der Waals surface area contributed by atoms with Crippen LogP contribution in [0.4, 0.5) is 0 Å². The minimum atomic E-state index is -0.593. The van der Waals surface area contributed by atoms with Crippen LogP contribution in [0.3, 0.4) is 0 Å². The van der Waals surface area contributed by atoms with Crippen molar-refractivity contribution in [1.29, 1.82) is 0 Å². The van der Waals surface area contributed by atoms with Gasteiger partial charge in [-0.05, 0) is 31.4 Å². The van der Waals surface area contributed by atoms with E-state index in [9.17, 15) is 9.59 Å². The van der Waals surface area contributed by atoms with Crippen LogP contribution in [0.2, 0.25) is 0 Å². The smallest absolute Gasteiger partial charge is 0.257 e. The normalized spacial score (nSPS) is 25.8. The Hall–Kier alpha value is -1.92. The number of fused-ring (bicyclic) bond motifs is 1. The first-order chi connectivity index (χ1) is 12.2. The molecule has 6 heteroatoms. The average Bonchev–Trinajstić information content (AvgIpc) is 2.65. The van der Waals surface area contributed by atoms with E-state index in [2.05, 4.69) is 33.4 Å². The first kappa shape index (κ1) is 17.9. The number of hydrogen-bond acceptors (Lipinski definition) is 4. The van der Waals surface area contributed by atoms with Crippen LogP contribution in [0.5, 0.6) is 0 Å². The molecule has 0 bridgehead atoms. The van der Waals surface area contributed by atoms with Crippen LogP contribution >= 0.6 is 0 Å². The fourth-order valence-electron chi connectivity index (χ4n) is 3.65. The van der Waals surface area contributed by atoms with Crippen LogP contribution in [-0.4, -0.2) is 37.1 Å². The van der Waals surface area contributed by atoms with Crippen molar-refractivity contribution in [1.82, 2.24) is 21.3 Å². The van der Waals surface area contributed by atoms with Crippen molar-refractivity contribution in [3.63, 3.8) is 0 Å². The summed E-state index contributed by atoms with van der Waals surface area (Å²) in [4.78, 5) is 24.4. The fourth-order valence-corrected chi connectivity index (χ4v) is 3.65. The number of amides is 2. The number of carbonyl (C=O) groups is 2.